The van der Waals surface area contributed by atoms with E-state index in [2.05, 4.69) is 10.5 Å². The van der Waals surface area contributed by atoms with Crippen LogP contribution in [0.15, 0.2) is 77.9 Å². The fraction of sp³-hybridized carbons (Fsp3) is 0.130. The van der Waals surface area contributed by atoms with Crippen molar-refractivity contribution in [1.29, 1.82) is 0 Å². The number of carbonyl (C=O) groups is 1. The van der Waals surface area contributed by atoms with Gasteiger partial charge in [0.05, 0.1) is 13.3 Å². The van der Waals surface area contributed by atoms with Gasteiger partial charge in [-0.3, -0.25) is 4.79 Å². The third-order valence-electron chi connectivity index (χ3n) is 4.01. The van der Waals surface area contributed by atoms with Crippen LogP contribution in [0.4, 0.5) is 4.39 Å². The van der Waals surface area contributed by atoms with Crippen molar-refractivity contribution in [2.24, 2.45) is 5.10 Å². The Labute approximate surface area is 173 Å². The van der Waals surface area contributed by atoms with Gasteiger partial charge in [0.15, 0.2) is 18.1 Å². The highest BCUT2D eigenvalue weighted by atomic mass is 19.1. The van der Waals surface area contributed by atoms with E-state index in [9.17, 15) is 9.18 Å². The molecule has 0 saturated heterocycles. The number of methoxy groups -OCH3 is 1. The first-order chi connectivity index (χ1) is 14.6. The molecule has 0 unspecified atom stereocenters. The summed E-state index contributed by atoms with van der Waals surface area (Å²) >= 11 is 0. The van der Waals surface area contributed by atoms with Crippen molar-refractivity contribution in [3.63, 3.8) is 0 Å². The lowest BCUT2D eigenvalue weighted by Crippen LogP contribution is -2.24. The maximum Gasteiger partial charge on any atom is 0.277 e. The Bertz CT molecular complexity index is 992. The van der Waals surface area contributed by atoms with Crippen LogP contribution in [0.2, 0.25) is 0 Å². The summed E-state index contributed by atoms with van der Waals surface area (Å²) in [6.07, 6.45) is 1.49. The van der Waals surface area contributed by atoms with Gasteiger partial charge in [-0.15, -0.1) is 0 Å². The van der Waals surface area contributed by atoms with Gasteiger partial charge in [0, 0.05) is 0 Å². The van der Waals surface area contributed by atoms with E-state index in [1.54, 1.807) is 25.3 Å². The molecule has 0 aromatic heterocycles. The van der Waals surface area contributed by atoms with E-state index in [1.807, 2.05) is 30.3 Å². The molecule has 7 heteroatoms. The summed E-state index contributed by atoms with van der Waals surface area (Å²) in [6.45, 7) is 0.188. The average molecular weight is 408 g/mol. The molecule has 1 N–H and O–H groups in total. The van der Waals surface area contributed by atoms with Gasteiger partial charge in [0.1, 0.15) is 18.2 Å². The summed E-state index contributed by atoms with van der Waals surface area (Å²) in [5.41, 5.74) is 4.14. The summed E-state index contributed by atoms with van der Waals surface area (Å²) in [5.74, 6) is 0.746. The van der Waals surface area contributed by atoms with Crippen LogP contribution in [0, 0.1) is 5.82 Å². The number of benzene rings is 3. The number of halogens is 1. The quantitative estimate of drug-likeness (QED) is 0.430. The first-order valence-corrected chi connectivity index (χ1v) is 9.19. The van der Waals surface area contributed by atoms with Crippen LogP contribution in [0.1, 0.15) is 11.1 Å². The maximum atomic E-state index is 12.8. The van der Waals surface area contributed by atoms with Gasteiger partial charge in [-0.05, 0) is 53.6 Å². The lowest BCUT2D eigenvalue weighted by molar-refractivity contribution is -0.123. The Morgan fingerprint density at radius 1 is 1.00 bits per heavy atom. The molecule has 1 amide bonds. The predicted octanol–water partition coefficient (Wildman–Crippen LogP) is 3.94. The molecule has 3 rings (SSSR count). The molecule has 0 heterocycles. The van der Waals surface area contributed by atoms with Crippen LogP contribution in [-0.2, 0) is 11.4 Å². The molecule has 0 aliphatic heterocycles. The number of carbonyl (C=O) groups excluding carboxylic acids is 1. The van der Waals surface area contributed by atoms with Gasteiger partial charge in [0.2, 0.25) is 0 Å². The van der Waals surface area contributed by atoms with Crippen molar-refractivity contribution in [2.75, 3.05) is 13.7 Å². The van der Waals surface area contributed by atoms with Gasteiger partial charge in [-0.2, -0.15) is 5.10 Å². The number of rotatable bonds is 9. The summed E-state index contributed by atoms with van der Waals surface area (Å²) in [5, 5.41) is 3.91. The smallest absolute Gasteiger partial charge is 0.277 e. The minimum atomic E-state index is -0.439. The molecule has 6 nitrogen and oxygen atoms in total. The van der Waals surface area contributed by atoms with Gasteiger partial charge in [-0.1, -0.05) is 30.3 Å². The van der Waals surface area contributed by atoms with Crippen molar-refractivity contribution in [3.05, 3.63) is 89.7 Å². The summed E-state index contributed by atoms with van der Waals surface area (Å²) in [6, 6.07) is 20.6. The fourth-order valence-corrected chi connectivity index (χ4v) is 2.51. The zero-order chi connectivity index (χ0) is 21.2. The van der Waals surface area contributed by atoms with E-state index in [-0.39, 0.29) is 12.4 Å². The van der Waals surface area contributed by atoms with Gasteiger partial charge in [0.25, 0.3) is 5.91 Å². The molecule has 0 spiro atoms. The van der Waals surface area contributed by atoms with Crippen LogP contribution >= 0.6 is 0 Å². The Balaban J connectivity index is 1.50. The first kappa shape index (κ1) is 20.9. The second kappa shape index (κ2) is 10.6. The number of hydrogen-bond donors (Lipinski definition) is 1. The molecular formula is C23H21FN2O4. The van der Waals surface area contributed by atoms with Crippen LogP contribution < -0.4 is 19.6 Å². The van der Waals surface area contributed by atoms with Gasteiger partial charge < -0.3 is 14.2 Å². The van der Waals surface area contributed by atoms with E-state index in [0.29, 0.717) is 23.9 Å². The summed E-state index contributed by atoms with van der Waals surface area (Å²) in [7, 11) is 1.56. The maximum absolute atomic E-state index is 12.8. The molecule has 0 aliphatic rings. The molecule has 0 fully saturated rings. The SMILES string of the molecule is COc1cc(/C=N/NC(=O)COc2ccc(F)cc2)ccc1OCc1ccccc1. The van der Waals surface area contributed by atoms with Gasteiger partial charge >= 0.3 is 0 Å². The van der Waals surface area contributed by atoms with Crippen LogP contribution in [0.5, 0.6) is 17.2 Å². The van der Waals surface area contributed by atoms with Crippen molar-refractivity contribution in [1.82, 2.24) is 5.43 Å². The molecule has 154 valence electrons. The Kier molecular flexibility index (Phi) is 7.38. The van der Waals surface area contributed by atoms with Crippen LogP contribution in [0.25, 0.3) is 0 Å². The van der Waals surface area contributed by atoms with E-state index in [1.165, 1.54) is 30.5 Å². The number of amides is 1. The Morgan fingerprint density at radius 2 is 1.77 bits per heavy atom. The van der Waals surface area contributed by atoms with Crippen molar-refractivity contribution >= 4 is 12.1 Å². The molecule has 0 aliphatic carbocycles. The van der Waals surface area contributed by atoms with E-state index >= 15 is 0 Å². The molecule has 0 bridgehead atoms. The topological polar surface area (TPSA) is 69.2 Å². The molecule has 0 saturated carbocycles. The third-order valence-corrected chi connectivity index (χ3v) is 4.01. The number of nitrogens with one attached hydrogen (secondary N) is 1. The lowest BCUT2D eigenvalue weighted by Gasteiger charge is -2.11. The van der Waals surface area contributed by atoms with E-state index in [4.69, 9.17) is 14.2 Å². The van der Waals surface area contributed by atoms with Crippen molar-refractivity contribution in [2.45, 2.75) is 6.61 Å². The Morgan fingerprint density at radius 3 is 2.50 bits per heavy atom. The van der Waals surface area contributed by atoms with E-state index in [0.717, 1.165) is 11.1 Å². The second-order valence-electron chi connectivity index (χ2n) is 6.22. The molecule has 0 radical (unpaired) electrons. The zero-order valence-corrected chi connectivity index (χ0v) is 16.4. The normalized spacial score (nSPS) is 10.6. The van der Waals surface area contributed by atoms with E-state index < -0.39 is 5.91 Å². The first-order valence-electron chi connectivity index (χ1n) is 9.19. The second-order valence-corrected chi connectivity index (χ2v) is 6.22. The highest BCUT2D eigenvalue weighted by molar-refractivity contribution is 5.83. The number of ether oxygens (including phenoxy) is 3. The summed E-state index contributed by atoms with van der Waals surface area (Å²) < 4.78 is 29.3. The fourth-order valence-electron chi connectivity index (χ4n) is 2.51. The summed E-state index contributed by atoms with van der Waals surface area (Å²) in [4.78, 5) is 11.8. The average Bonchev–Trinajstić information content (AvgIpc) is 2.78. The van der Waals surface area contributed by atoms with Crippen LogP contribution in [0.3, 0.4) is 0 Å². The predicted molar refractivity (Wildman–Crippen MR) is 111 cm³/mol. The largest absolute Gasteiger partial charge is 0.493 e. The highest BCUT2D eigenvalue weighted by Gasteiger charge is 2.06. The monoisotopic (exact) mass is 408 g/mol. The highest BCUT2D eigenvalue weighted by Crippen LogP contribution is 2.28. The number of nitrogens with zero attached hydrogens (tertiary/aromatic N) is 1. The van der Waals surface area contributed by atoms with Crippen molar-refractivity contribution in [3.8, 4) is 17.2 Å². The minimum absolute atomic E-state index is 0.238. The molecular weight excluding hydrogens is 387 g/mol. The number of hydrazone groups is 1. The molecule has 30 heavy (non-hydrogen) atoms. The van der Waals surface area contributed by atoms with Gasteiger partial charge in [-0.25, -0.2) is 9.82 Å². The molecule has 0 atom stereocenters. The molecule has 3 aromatic rings. The van der Waals surface area contributed by atoms with Crippen LogP contribution in [-0.4, -0.2) is 25.8 Å². The number of hydrogen-bond acceptors (Lipinski definition) is 5. The third kappa shape index (κ3) is 6.34. The minimum Gasteiger partial charge on any atom is -0.493 e. The van der Waals surface area contributed by atoms with Crippen molar-refractivity contribution < 1.29 is 23.4 Å². The zero-order valence-electron chi connectivity index (χ0n) is 16.4. The standard InChI is InChI=1S/C23H21FN2O4/c1-28-22-13-18(7-12-21(22)30-15-17-5-3-2-4-6-17)14-25-26-23(27)16-29-20-10-8-19(24)9-11-20/h2-14H,15-16H2,1H3,(H,26,27)/b25-14+. The Hall–Kier alpha value is -3.87. The molecule has 3 aromatic carbocycles. The lowest BCUT2D eigenvalue weighted by atomic mass is 10.2.